The van der Waals surface area contributed by atoms with E-state index < -0.39 is 6.29 Å². The fourth-order valence-electron chi connectivity index (χ4n) is 3.47. The predicted molar refractivity (Wildman–Crippen MR) is 104 cm³/mol. The number of carbonyl (C=O) groups excluding carboxylic acids is 2. The van der Waals surface area contributed by atoms with Crippen molar-refractivity contribution >= 4 is 23.7 Å². The summed E-state index contributed by atoms with van der Waals surface area (Å²) in [6.45, 7) is 2.42. The van der Waals surface area contributed by atoms with Crippen molar-refractivity contribution in [2.75, 3.05) is 18.9 Å². The minimum Gasteiger partial charge on any atom is -0.321 e. The van der Waals surface area contributed by atoms with Crippen molar-refractivity contribution in [3.05, 3.63) is 53.7 Å². The van der Waals surface area contributed by atoms with Crippen LogP contribution in [0.5, 0.6) is 0 Å². The lowest BCUT2D eigenvalue weighted by Gasteiger charge is -2.35. The summed E-state index contributed by atoms with van der Waals surface area (Å²) in [5.41, 5.74) is 4.82. The van der Waals surface area contributed by atoms with E-state index in [1.165, 1.54) is 6.08 Å². The number of carbonyl (C=O) groups is 2. The normalized spacial score (nSPS) is 24.9. The van der Waals surface area contributed by atoms with Gasteiger partial charge in [-0.15, -0.1) is 0 Å². The first kappa shape index (κ1) is 18.4. The van der Waals surface area contributed by atoms with Gasteiger partial charge in [-0.05, 0) is 18.6 Å². The van der Waals surface area contributed by atoms with Gasteiger partial charge in [-0.25, -0.2) is 9.69 Å². The summed E-state index contributed by atoms with van der Waals surface area (Å²) in [5, 5.41) is 15.4. The first-order chi connectivity index (χ1) is 13.5. The molecular formula is C19H23N7O2. The molecule has 3 atom stereocenters. The molecule has 2 amide bonds. The number of rotatable bonds is 4. The molecule has 3 heterocycles. The Kier molecular flexibility index (Phi) is 4.95. The van der Waals surface area contributed by atoms with Gasteiger partial charge in [0, 0.05) is 25.7 Å². The molecule has 0 spiro atoms. The van der Waals surface area contributed by atoms with E-state index >= 15 is 0 Å². The third-order valence-corrected chi connectivity index (χ3v) is 4.88. The van der Waals surface area contributed by atoms with Crippen molar-refractivity contribution in [3.63, 3.8) is 0 Å². The van der Waals surface area contributed by atoms with Gasteiger partial charge in [-0.1, -0.05) is 30.3 Å². The predicted octanol–water partition coefficient (Wildman–Crippen LogP) is 0.411. The van der Waals surface area contributed by atoms with Crippen LogP contribution >= 0.6 is 0 Å². The molecule has 3 unspecified atom stereocenters. The van der Waals surface area contributed by atoms with Crippen LogP contribution in [0.1, 0.15) is 17.5 Å². The summed E-state index contributed by atoms with van der Waals surface area (Å²) in [6, 6.07) is 11.4. The van der Waals surface area contributed by atoms with Crippen molar-refractivity contribution in [2.24, 2.45) is 5.92 Å². The molecule has 2 aliphatic rings. The second-order valence-electron chi connectivity index (χ2n) is 6.95. The van der Waals surface area contributed by atoms with E-state index in [0.717, 1.165) is 11.3 Å². The highest BCUT2D eigenvalue weighted by Gasteiger charge is 2.43. The molecule has 9 heteroatoms. The lowest BCUT2D eigenvalue weighted by atomic mass is 10.1. The molecule has 1 aromatic heterocycles. The second kappa shape index (κ2) is 7.55. The van der Waals surface area contributed by atoms with Crippen molar-refractivity contribution in [2.45, 2.75) is 19.4 Å². The number of anilines is 1. The van der Waals surface area contributed by atoms with Crippen molar-refractivity contribution < 1.29 is 9.59 Å². The fraction of sp³-hybridized carbons (Fsp3) is 0.316. The Morgan fingerprint density at radius 2 is 2.11 bits per heavy atom. The number of nitrogens with one attached hydrogen (secondary N) is 4. The van der Waals surface area contributed by atoms with E-state index in [9.17, 15) is 9.59 Å². The average Bonchev–Trinajstić information content (AvgIpc) is 3.24. The fourth-order valence-corrected chi connectivity index (χ4v) is 3.47. The van der Waals surface area contributed by atoms with Crippen LogP contribution < -0.4 is 21.4 Å². The van der Waals surface area contributed by atoms with Crippen LogP contribution in [0.2, 0.25) is 0 Å². The molecule has 28 heavy (non-hydrogen) atoms. The third-order valence-electron chi connectivity index (χ3n) is 4.88. The van der Waals surface area contributed by atoms with Crippen LogP contribution in [-0.2, 0) is 9.59 Å². The molecule has 1 aromatic carbocycles. The smallest absolute Gasteiger partial charge is 0.249 e. The zero-order valence-corrected chi connectivity index (χ0v) is 15.7. The summed E-state index contributed by atoms with van der Waals surface area (Å²) >= 11 is 0. The number of fused-ring (bicyclic) bond motifs is 1. The van der Waals surface area contributed by atoms with Crippen molar-refractivity contribution in [3.8, 4) is 0 Å². The molecule has 0 bridgehead atoms. The SMILES string of the molecule is Cc1cc(NC(=O)/C=C\c2ccccc2)n(C2NC(=O)C3CNN(C)C3N2)n1. The number of benzene rings is 1. The average molecular weight is 381 g/mol. The van der Waals surface area contributed by atoms with Gasteiger partial charge in [0.1, 0.15) is 5.82 Å². The van der Waals surface area contributed by atoms with Crippen LogP contribution in [0.3, 0.4) is 0 Å². The number of aryl methyl sites for hydroxylation is 1. The Morgan fingerprint density at radius 1 is 1.32 bits per heavy atom. The van der Waals surface area contributed by atoms with Gasteiger partial charge < -0.3 is 10.6 Å². The van der Waals surface area contributed by atoms with E-state index in [4.69, 9.17) is 0 Å². The van der Waals surface area contributed by atoms with Gasteiger partial charge in [0.2, 0.25) is 11.8 Å². The zero-order valence-electron chi connectivity index (χ0n) is 15.7. The number of hydrazine groups is 1. The summed E-state index contributed by atoms with van der Waals surface area (Å²) < 4.78 is 1.59. The molecule has 4 rings (SSSR count). The standard InChI is InChI=1S/C19H23N7O2/c1-12-10-15(21-16(27)9-8-13-6-4-3-5-7-13)26(24-12)19-22-17-14(18(28)23-19)11-20-25(17)2/h3-10,14,17,19-20,22H,11H2,1-2H3,(H,21,27)(H,23,28)/b9-8-. The number of nitrogens with zero attached hydrogens (tertiary/aromatic N) is 3. The van der Waals surface area contributed by atoms with Gasteiger partial charge in [0.05, 0.1) is 17.8 Å². The quantitative estimate of drug-likeness (QED) is 0.572. The minimum atomic E-state index is -0.557. The van der Waals surface area contributed by atoms with E-state index in [1.807, 2.05) is 49.3 Å². The van der Waals surface area contributed by atoms with E-state index in [-0.39, 0.29) is 23.9 Å². The Bertz CT molecular complexity index is 908. The Labute approximate surface area is 162 Å². The highest BCUT2D eigenvalue weighted by Crippen LogP contribution is 2.23. The molecule has 2 aromatic rings. The third kappa shape index (κ3) is 3.68. The molecule has 2 fully saturated rings. The first-order valence-electron chi connectivity index (χ1n) is 9.14. The summed E-state index contributed by atoms with van der Waals surface area (Å²) in [5.74, 6) is -0.000466. The summed E-state index contributed by atoms with van der Waals surface area (Å²) in [4.78, 5) is 24.8. The lowest BCUT2D eigenvalue weighted by Crippen LogP contribution is -2.61. The number of hydrogen-bond acceptors (Lipinski definition) is 6. The van der Waals surface area contributed by atoms with Gasteiger partial charge >= 0.3 is 0 Å². The van der Waals surface area contributed by atoms with Gasteiger partial charge in [-0.2, -0.15) is 5.10 Å². The van der Waals surface area contributed by atoms with E-state index in [1.54, 1.807) is 16.8 Å². The maximum absolute atomic E-state index is 12.4. The molecular weight excluding hydrogens is 358 g/mol. The maximum Gasteiger partial charge on any atom is 0.249 e. The summed E-state index contributed by atoms with van der Waals surface area (Å²) in [7, 11) is 1.89. The number of aromatic nitrogens is 2. The monoisotopic (exact) mass is 381 g/mol. The molecule has 0 aliphatic carbocycles. The lowest BCUT2D eigenvalue weighted by molar-refractivity contribution is -0.131. The highest BCUT2D eigenvalue weighted by molar-refractivity contribution is 6.01. The van der Waals surface area contributed by atoms with Crippen LogP contribution in [0.15, 0.2) is 42.5 Å². The molecule has 9 nitrogen and oxygen atoms in total. The van der Waals surface area contributed by atoms with Crippen molar-refractivity contribution in [1.82, 2.24) is 30.8 Å². The molecule has 0 radical (unpaired) electrons. The molecule has 0 saturated carbocycles. The Balaban J connectivity index is 1.50. The largest absolute Gasteiger partial charge is 0.321 e. The van der Waals surface area contributed by atoms with E-state index in [0.29, 0.717) is 12.4 Å². The molecule has 2 saturated heterocycles. The van der Waals surface area contributed by atoms with E-state index in [2.05, 4.69) is 26.5 Å². The van der Waals surface area contributed by atoms with Crippen LogP contribution in [0, 0.1) is 12.8 Å². The minimum absolute atomic E-state index is 0.0556. The van der Waals surface area contributed by atoms with Crippen LogP contribution in [0.25, 0.3) is 6.08 Å². The second-order valence-corrected chi connectivity index (χ2v) is 6.95. The highest BCUT2D eigenvalue weighted by atomic mass is 16.2. The van der Waals surface area contributed by atoms with Gasteiger partial charge in [0.15, 0.2) is 6.29 Å². The Hall–Kier alpha value is -3.01. The molecule has 146 valence electrons. The van der Waals surface area contributed by atoms with Gasteiger partial charge in [0.25, 0.3) is 0 Å². The Morgan fingerprint density at radius 3 is 2.89 bits per heavy atom. The van der Waals surface area contributed by atoms with Crippen LogP contribution in [0.4, 0.5) is 5.82 Å². The van der Waals surface area contributed by atoms with Crippen LogP contribution in [-0.4, -0.2) is 46.4 Å². The summed E-state index contributed by atoms with van der Waals surface area (Å²) in [6.07, 6.45) is 2.51. The topological polar surface area (TPSA) is 103 Å². The van der Waals surface area contributed by atoms with Crippen molar-refractivity contribution in [1.29, 1.82) is 0 Å². The first-order valence-corrected chi connectivity index (χ1v) is 9.14. The number of hydrogen-bond donors (Lipinski definition) is 4. The zero-order chi connectivity index (χ0) is 19.7. The van der Waals surface area contributed by atoms with Gasteiger partial charge in [-0.3, -0.25) is 20.3 Å². The number of amides is 2. The molecule has 4 N–H and O–H groups in total. The maximum atomic E-state index is 12.4. The molecule has 2 aliphatic heterocycles.